The van der Waals surface area contributed by atoms with Crippen LogP contribution in [0.25, 0.3) is 11.0 Å². The molecule has 1 aromatic heterocycles. The highest BCUT2D eigenvalue weighted by Gasteiger charge is 2.11. The molecule has 3 nitrogen and oxygen atoms in total. The molecule has 0 spiro atoms. The first kappa shape index (κ1) is 9.21. The maximum atomic E-state index is 5.68. The normalized spacial score (nSPS) is 13.3. The summed E-state index contributed by atoms with van der Waals surface area (Å²) >= 11 is 0. The smallest absolute Gasteiger partial charge is 0.111 e. The fraction of sp³-hybridized carbons (Fsp3) is 0.364. The van der Waals surface area contributed by atoms with E-state index in [0.717, 1.165) is 23.3 Å². The zero-order chi connectivity index (χ0) is 9.97. The van der Waals surface area contributed by atoms with E-state index in [9.17, 15) is 0 Å². The van der Waals surface area contributed by atoms with Gasteiger partial charge >= 0.3 is 0 Å². The molecule has 74 valence electrons. The summed E-state index contributed by atoms with van der Waals surface area (Å²) in [7, 11) is 0. The molecular weight excluding hydrogens is 174 g/mol. The number of H-pyrrole nitrogens is 1. The van der Waals surface area contributed by atoms with E-state index in [4.69, 9.17) is 5.73 Å². The van der Waals surface area contributed by atoms with Gasteiger partial charge in [0.1, 0.15) is 5.82 Å². The number of aromatic nitrogens is 2. The maximum absolute atomic E-state index is 5.68. The number of para-hydroxylation sites is 2. The predicted octanol–water partition coefficient (Wildman–Crippen LogP) is 2.02. The summed E-state index contributed by atoms with van der Waals surface area (Å²) in [5.41, 5.74) is 7.79. The molecule has 0 saturated heterocycles. The third kappa shape index (κ3) is 1.51. The third-order valence-electron chi connectivity index (χ3n) is 2.57. The summed E-state index contributed by atoms with van der Waals surface area (Å²) in [6.45, 7) is 2.78. The number of fused-ring (bicyclic) bond motifs is 1. The van der Waals surface area contributed by atoms with Crippen molar-refractivity contribution in [2.24, 2.45) is 5.73 Å². The van der Waals surface area contributed by atoms with Crippen LogP contribution in [0.5, 0.6) is 0 Å². The van der Waals surface area contributed by atoms with Crippen molar-refractivity contribution >= 4 is 11.0 Å². The van der Waals surface area contributed by atoms with Crippen LogP contribution in [0.4, 0.5) is 0 Å². The van der Waals surface area contributed by atoms with Gasteiger partial charge in [0, 0.05) is 12.5 Å². The first-order valence-corrected chi connectivity index (χ1v) is 5.00. The monoisotopic (exact) mass is 189 g/mol. The summed E-state index contributed by atoms with van der Waals surface area (Å²) in [5, 5.41) is 0. The highest BCUT2D eigenvalue weighted by molar-refractivity contribution is 5.74. The van der Waals surface area contributed by atoms with Gasteiger partial charge in [-0.15, -0.1) is 0 Å². The minimum Gasteiger partial charge on any atom is -0.342 e. The SMILES string of the molecule is CCC(CN)c1nc2ccccc2[nH]1. The summed E-state index contributed by atoms with van der Waals surface area (Å²) in [6, 6.07) is 8.05. The Morgan fingerprint density at radius 1 is 1.43 bits per heavy atom. The van der Waals surface area contributed by atoms with Gasteiger partial charge in [0.25, 0.3) is 0 Å². The van der Waals surface area contributed by atoms with Crippen LogP contribution in [0.1, 0.15) is 25.1 Å². The molecule has 1 unspecified atom stereocenters. The fourth-order valence-corrected chi connectivity index (χ4v) is 1.64. The maximum Gasteiger partial charge on any atom is 0.111 e. The largest absolute Gasteiger partial charge is 0.342 e. The highest BCUT2D eigenvalue weighted by Crippen LogP contribution is 2.18. The number of hydrogen-bond donors (Lipinski definition) is 2. The first-order chi connectivity index (χ1) is 6.85. The number of nitrogens with zero attached hydrogens (tertiary/aromatic N) is 1. The summed E-state index contributed by atoms with van der Waals surface area (Å²) in [5.74, 6) is 1.36. The van der Waals surface area contributed by atoms with Crippen LogP contribution < -0.4 is 5.73 Å². The molecule has 0 saturated carbocycles. The fourth-order valence-electron chi connectivity index (χ4n) is 1.64. The van der Waals surface area contributed by atoms with Gasteiger partial charge in [-0.2, -0.15) is 0 Å². The second-order valence-electron chi connectivity index (χ2n) is 3.48. The van der Waals surface area contributed by atoms with Gasteiger partial charge in [0.05, 0.1) is 11.0 Å². The molecule has 2 rings (SSSR count). The van der Waals surface area contributed by atoms with Gasteiger partial charge < -0.3 is 10.7 Å². The van der Waals surface area contributed by atoms with Crippen molar-refractivity contribution in [2.75, 3.05) is 6.54 Å². The summed E-state index contributed by atoms with van der Waals surface area (Å²) in [6.07, 6.45) is 1.02. The Balaban J connectivity index is 2.43. The Morgan fingerprint density at radius 2 is 2.21 bits per heavy atom. The Labute approximate surface area is 83.3 Å². The molecule has 0 bridgehead atoms. The number of benzene rings is 1. The Kier molecular flexibility index (Phi) is 2.50. The second-order valence-corrected chi connectivity index (χ2v) is 3.48. The van der Waals surface area contributed by atoms with Gasteiger partial charge in [-0.3, -0.25) is 0 Å². The van der Waals surface area contributed by atoms with Crippen molar-refractivity contribution in [3.05, 3.63) is 30.1 Å². The number of hydrogen-bond acceptors (Lipinski definition) is 2. The molecule has 0 aliphatic rings. The van der Waals surface area contributed by atoms with Crippen LogP contribution in [0, 0.1) is 0 Å². The van der Waals surface area contributed by atoms with Crippen LogP contribution in [-0.2, 0) is 0 Å². The van der Waals surface area contributed by atoms with Crippen LogP contribution in [0.15, 0.2) is 24.3 Å². The van der Waals surface area contributed by atoms with Crippen LogP contribution in [-0.4, -0.2) is 16.5 Å². The minimum absolute atomic E-state index is 0.349. The Morgan fingerprint density at radius 3 is 2.86 bits per heavy atom. The summed E-state index contributed by atoms with van der Waals surface area (Å²) < 4.78 is 0. The van der Waals surface area contributed by atoms with Gasteiger partial charge in [-0.25, -0.2) is 4.98 Å². The van der Waals surface area contributed by atoms with E-state index in [0.29, 0.717) is 12.5 Å². The lowest BCUT2D eigenvalue weighted by atomic mass is 10.1. The summed E-state index contributed by atoms with van der Waals surface area (Å²) in [4.78, 5) is 7.83. The zero-order valence-electron chi connectivity index (χ0n) is 8.33. The number of imidazole rings is 1. The standard InChI is InChI=1S/C11H15N3/c1-2-8(7-12)11-13-9-5-3-4-6-10(9)14-11/h3-6,8H,2,7,12H2,1H3,(H,13,14). The number of nitrogens with one attached hydrogen (secondary N) is 1. The third-order valence-corrected chi connectivity index (χ3v) is 2.57. The first-order valence-electron chi connectivity index (χ1n) is 5.00. The van der Waals surface area contributed by atoms with Crippen molar-refractivity contribution in [3.63, 3.8) is 0 Å². The molecule has 3 N–H and O–H groups in total. The van der Waals surface area contributed by atoms with Crippen LogP contribution in [0.2, 0.25) is 0 Å². The average molecular weight is 189 g/mol. The topological polar surface area (TPSA) is 54.7 Å². The van der Waals surface area contributed by atoms with Gasteiger partial charge in [-0.05, 0) is 18.6 Å². The second kappa shape index (κ2) is 3.80. The molecule has 1 atom stereocenters. The molecule has 0 aliphatic carbocycles. The van der Waals surface area contributed by atoms with Crippen molar-refractivity contribution in [1.29, 1.82) is 0 Å². The quantitative estimate of drug-likeness (QED) is 0.776. The molecule has 1 heterocycles. The van der Waals surface area contributed by atoms with E-state index >= 15 is 0 Å². The van der Waals surface area contributed by atoms with Crippen LogP contribution >= 0.6 is 0 Å². The van der Waals surface area contributed by atoms with E-state index in [2.05, 4.69) is 16.9 Å². The van der Waals surface area contributed by atoms with E-state index in [-0.39, 0.29) is 0 Å². The van der Waals surface area contributed by atoms with Crippen molar-refractivity contribution < 1.29 is 0 Å². The van der Waals surface area contributed by atoms with E-state index in [1.165, 1.54) is 0 Å². The van der Waals surface area contributed by atoms with Crippen molar-refractivity contribution in [2.45, 2.75) is 19.3 Å². The van der Waals surface area contributed by atoms with Gasteiger partial charge in [-0.1, -0.05) is 19.1 Å². The molecule has 0 aliphatic heterocycles. The van der Waals surface area contributed by atoms with E-state index in [1.54, 1.807) is 0 Å². The lowest BCUT2D eigenvalue weighted by Crippen LogP contribution is -2.12. The highest BCUT2D eigenvalue weighted by atomic mass is 14.9. The molecule has 2 aromatic rings. The van der Waals surface area contributed by atoms with E-state index < -0.39 is 0 Å². The molecule has 3 heteroatoms. The average Bonchev–Trinajstić information content (AvgIpc) is 2.63. The molecular formula is C11H15N3. The lowest BCUT2D eigenvalue weighted by molar-refractivity contribution is 0.641. The van der Waals surface area contributed by atoms with Crippen molar-refractivity contribution in [1.82, 2.24) is 9.97 Å². The Hall–Kier alpha value is -1.35. The molecule has 1 aromatic carbocycles. The number of aromatic amines is 1. The van der Waals surface area contributed by atoms with E-state index in [1.807, 2.05) is 24.3 Å². The van der Waals surface area contributed by atoms with Gasteiger partial charge in [0.2, 0.25) is 0 Å². The predicted molar refractivity (Wildman–Crippen MR) is 58.2 cm³/mol. The van der Waals surface area contributed by atoms with Crippen LogP contribution in [0.3, 0.4) is 0 Å². The molecule has 0 radical (unpaired) electrons. The van der Waals surface area contributed by atoms with Gasteiger partial charge in [0.15, 0.2) is 0 Å². The Bertz CT molecular complexity index is 382. The zero-order valence-corrected chi connectivity index (χ0v) is 8.33. The molecule has 0 fully saturated rings. The number of nitrogens with two attached hydrogens (primary N) is 1. The van der Waals surface area contributed by atoms with Crippen molar-refractivity contribution in [3.8, 4) is 0 Å². The lowest BCUT2D eigenvalue weighted by Gasteiger charge is -2.07. The minimum atomic E-state index is 0.349. The molecule has 0 amide bonds. The number of rotatable bonds is 3. The molecule has 14 heavy (non-hydrogen) atoms.